The van der Waals surface area contributed by atoms with Gasteiger partial charge in [0, 0.05) is 12.2 Å². The van der Waals surface area contributed by atoms with Gasteiger partial charge in [-0.1, -0.05) is 0 Å². The topological polar surface area (TPSA) is 73.6 Å². The molecular weight excluding hydrogens is 232 g/mol. The Morgan fingerprint density at radius 2 is 2.33 bits per heavy atom. The molecule has 0 aromatic heterocycles. The normalized spacial score (nSPS) is 22.8. The fraction of sp³-hybridized carbons (Fsp3) is 0.462. The van der Waals surface area contributed by atoms with Crippen LogP contribution in [0.4, 0.5) is 5.69 Å². The second-order valence-corrected chi connectivity index (χ2v) is 4.77. The number of benzene rings is 1. The number of hydrogen-bond donors (Lipinski definition) is 2. The van der Waals surface area contributed by atoms with Crippen molar-refractivity contribution in [3.8, 4) is 5.75 Å². The Balaban J connectivity index is 2.13. The van der Waals surface area contributed by atoms with E-state index in [9.17, 15) is 4.79 Å². The van der Waals surface area contributed by atoms with Gasteiger partial charge >= 0.3 is 0 Å². The third-order valence-corrected chi connectivity index (χ3v) is 3.13. The van der Waals surface area contributed by atoms with Crippen LogP contribution in [-0.2, 0) is 4.74 Å². The molecule has 18 heavy (non-hydrogen) atoms. The molecule has 1 aliphatic heterocycles. The molecule has 5 heteroatoms. The molecule has 3 N–H and O–H groups in total. The Hall–Kier alpha value is -1.75. The van der Waals surface area contributed by atoms with Crippen LogP contribution in [0.5, 0.6) is 5.75 Å². The minimum absolute atomic E-state index is 0.138. The molecule has 1 saturated heterocycles. The number of carbonyl (C=O) groups is 1. The van der Waals surface area contributed by atoms with Crippen LogP contribution in [0.15, 0.2) is 18.2 Å². The Kier molecular flexibility index (Phi) is 3.43. The zero-order valence-electron chi connectivity index (χ0n) is 10.7. The summed E-state index contributed by atoms with van der Waals surface area (Å²) in [6, 6.07) is 5.00. The maximum Gasteiger partial charge on any atom is 0.251 e. The lowest BCUT2D eigenvalue weighted by Gasteiger charge is -2.23. The van der Waals surface area contributed by atoms with Crippen LogP contribution in [-0.4, -0.2) is 31.8 Å². The van der Waals surface area contributed by atoms with Crippen molar-refractivity contribution < 1.29 is 14.3 Å². The van der Waals surface area contributed by atoms with Crippen LogP contribution in [0, 0.1) is 0 Å². The summed E-state index contributed by atoms with van der Waals surface area (Å²) in [6.07, 6.45) is 0.824. The van der Waals surface area contributed by atoms with Crippen molar-refractivity contribution in [2.75, 3.05) is 26.1 Å². The first-order chi connectivity index (χ1) is 8.54. The largest absolute Gasteiger partial charge is 0.495 e. The van der Waals surface area contributed by atoms with Gasteiger partial charge in [0.15, 0.2) is 0 Å². The molecule has 98 valence electrons. The second kappa shape index (κ2) is 4.86. The van der Waals surface area contributed by atoms with E-state index < -0.39 is 0 Å². The summed E-state index contributed by atoms with van der Waals surface area (Å²) in [4.78, 5) is 12.1. The number of methoxy groups -OCH3 is 1. The first-order valence-electron chi connectivity index (χ1n) is 5.88. The summed E-state index contributed by atoms with van der Waals surface area (Å²) in [6.45, 7) is 3.21. The smallest absolute Gasteiger partial charge is 0.251 e. The van der Waals surface area contributed by atoms with Crippen molar-refractivity contribution in [2.24, 2.45) is 0 Å². The number of anilines is 1. The van der Waals surface area contributed by atoms with Crippen molar-refractivity contribution in [3.05, 3.63) is 23.8 Å². The molecule has 1 atom stereocenters. The number of ether oxygens (including phenoxy) is 2. The first kappa shape index (κ1) is 12.7. The average Bonchev–Trinajstić information content (AvgIpc) is 2.76. The van der Waals surface area contributed by atoms with E-state index in [1.54, 1.807) is 18.2 Å². The Morgan fingerprint density at radius 3 is 2.94 bits per heavy atom. The Bertz CT molecular complexity index is 454. The number of rotatable bonds is 3. The standard InChI is InChI=1S/C13H18N2O3/c1-13(5-6-18-8-13)15-12(16)9-3-4-10(14)11(7-9)17-2/h3-4,7H,5-6,8,14H2,1-2H3,(H,15,16). The summed E-state index contributed by atoms with van der Waals surface area (Å²) in [5.41, 5.74) is 6.48. The van der Waals surface area contributed by atoms with E-state index >= 15 is 0 Å². The summed E-state index contributed by atoms with van der Waals surface area (Å²) >= 11 is 0. The molecule has 1 aromatic rings. The highest BCUT2D eigenvalue weighted by atomic mass is 16.5. The quantitative estimate of drug-likeness (QED) is 0.790. The average molecular weight is 250 g/mol. The summed E-state index contributed by atoms with van der Waals surface area (Å²) in [5.74, 6) is 0.372. The molecule has 1 unspecified atom stereocenters. The van der Waals surface area contributed by atoms with Gasteiger partial charge in [-0.3, -0.25) is 4.79 Å². The molecule has 0 saturated carbocycles. The monoisotopic (exact) mass is 250 g/mol. The SMILES string of the molecule is COc1cc(C(=O)NC2(C)CCOC2)ccc1N. The number of hydrogen-bond acceptors (Lipinski definition) is 4. The molecule has 1 amide bonds. The van der Waals surface area contributed by atoms with E-state index in [1.165, 1.54) is 7.11 Å². The number of nitrogen functional groups attached to an aromatic ring is 1. The fourth-order valence-electron chi connectivity index (χ4n) is 1.96. The lowest BCUT2D eigenvalue weighted by atomic mass is 10.0. The molecule has 1 fully saturated rings. The van der Waals surface area contributed by atoms with E-state index in [0.717, 1.165) is 6.42 Å². The molecular formula is C13H18N2O3. The lowest BCUT2D eigenvalue weighted by Crippen LogP contribution is -2.46. The van der Waals surface area contributed by atoms with Gasteiger partial charge in [0.2, 0.25) is 0 Å². The first-order valence-corrected chi connectivity index (χ1v) is 5.88. The van der Waals surface area contributed by atoms with E-state index in [-0.39, 0.29) is 11.4 Å². The molecule has 1 aliphatic rings. The molecule has 5 nitrogen and oxygen atoms in total. The van der Waals surface area contributed by atoms with Crippen LogP contribution in [0.25, 0.3) is 0 Å². The van der Waals surface area contributed by atoms with Crippen molar-refractivity contribution in [1.82, 2.24) is 5.32 Å². The predicted octanol–water partition coefficient (Wildman–Crippen LogP) is 1.19. The van der Waals surface area contributed by atoms with Crippen LogP contribution >= 0.6 is 0 Å². The number of amides is 1. The summed E-state index contributed by atoms with van der Waals surface area (Å²) < 4.78 is 10.4. The second-order valence-electron chi connectivity index (χ2n) is 4.77. The van der Waals surface area contributed by atoms with Gasteiger partial charge in [-0.15, -0.1) is 0 Å². The van der Waals surface area contributed by atoms with Crippen molar-refractivity contribution >= 4 is 11.6 Å². The predicted molar refractivity (Wildman–Crippen MR) is 68.7 cm³/mol. The van der Waals surface area contributed by atoms with Crippen LogP contribution in [0.2, 0.25) is 0 Å². The van der Waals surface area contributed by atoms with Crippen molar-refractivity contribution in [3.63, 3.8) is 0 Å². The summed E-state index contributed by atoms with van der Waals surface area (Å²) in [7, 11) is 1.53. The number of nitrogens with one attached hydrogen (secondary N) is 1. The van der Waals surface area contributed by atoms with Gasteiger partial charge in [-0.25, -0.2) is 0 Å². The zero-order chi connectivity index (χ0) is 13.2. The van der Waals surface area contributed by atoms with E-state index in [0.29, 0.717) is 30.2 Å². The molecule has 0 spiro atoms. The Morgan fingerprint density at radius 1 is 1.56 bits per heavy atom. The third-order valence-electron chi connectivity index (χ3n) is 3.13. The van der Waals surface area contributed by atoms with Crippen molar-refractivity contribution in [1.29, 1.82) is 0 Å². The van der Waals surface area contributed by atoms with Gasteiger partial charge in [0.05, 0.1) is 24.9 Å². The van der Waals surface area contributed by atoms with E-state index in [4.69, 9.17) is 15.2 Å². The lowest BCUT2D eigenvalue weighted by molar-refractivity contribution is 0.0889. The van der Waals surface area contributed by atoms with Crippen LogP contribution in [0.3, 0.4) is 0 Å². The van der Waals surface area contributed by atoms with Crippen molar-refractivity contribution in [2.45, 2.75) is 18.9 Å². The molecule has 0 bridgehead atoms. The van der Waals surface area contributed by atoms with E-state index in [1.807, 2.05) is 6.92 Å². The number of carbonyl (C=O) groups excluding carboxylic acids is 1. The minimum Gasteiger partial charge on any atom is -0.495 e. The van der Waals surface area contributed by atoms with E-state index in [2.05, 4.69) is 5.32 Å². The molecule has 2 rings (SSSR count). The van der Waals surface area contributed by atoms with Crippen LogP contribution < -0.4 is 15.8 Å². The fourth-order valence-corrected chi connectivity index (χ4v) is 1.96. The van der Waals surface area contributed by atoms with Crippen LogP contribution in [0.1, 0.15) is 23.7 Å². The molecule has 0 radical (unpaired) electrons. The zero-order valence-corrected chi connectivity index (χ0v) is 10.7. The van der Waals surface area contributed by atoms with Gasteiger partial charge in [0.25, 0.3) is 5.91 Å². The third kappa shape index (κ3) is 2.56. The minimum atomic E-state index is -0.286. The molecule has 1 heterocycles. The van der Waals surface area contributed by atoms with Gasteiger partial charge < -0.3 is 20.5 Å². The Labute approximate surface area is 106 Å². The molecule has 1 aromatic carbocycles. The maximum atomic E-state index is 12.1. The molecule has 0 aliphatic carbocycles. The highest BCUT2D eigenvalue weighted by Crippen LogP contribution is 2.23. The van der Waals surface area contributed by atoms with Gasteiger partial charge in [-0.05, 0) is 31.5 Å². The highest BCUT2D eigenvalue weighted by molar-refractivity contribution is 5.95. The highest BCUT2D eigenvalue weighted by Gasteiger charge is 2.31. The number of nitrogens with two attached hydrogens (primary N) is 1. The van der Waals surface area contributed by atoms with Gasteiger partial charge in [0.1, 0.15) is 5.75 Å². The maximum absolute atomic E-state index is 12.1. The summed E-state index contributed by atoms with van der Waals surface area (Å²) in [5, 5.41) is 2.98. The van der Waals surface area contributed by atoms with Gasteiger partial charge in [-0.2, -0.15) is 0 Å².